The maximum atomic E-state index is 13.0. The highest BCUT2D eigenvalue weighted by molar-refractivity contribution is 6.09. The van der Waals surface area contributed by atoms with E-state index in [9.17, 15) is 27.9 Å². The molecule has 8 heteroatoms. The fourth-order valence-corrected chi connectivity index (χ4v) is 2.54. The van der Waals surface area contributed by atoms with Gasteiger partial charge in [0.05, 0.1) is 5.57 Å². The molecular formula is C18H11F3O5. The van der Waals surface area contributed by atoms with Gasteiger partial charge in [0, 0.05) is 16.7 Å². The number of rotatable bonds is 3. The normalized spacial score (nSPS) is 16.3. The van der Waals surface area contributed by atoms with Crippen LogP contribution in [0.4, 0.5) is 13.2 Å². The second-order valence-corrected chi connectivity index (χ2v) is 5.57. The molecule has 2 aromatic carbocycles. The van der Waals surface area contributed by atoms with Crippen LogP contribution in [0.1, 0.15) is 21.5 Å². The van der Waals surface area contributed by atoms with E-state index < -0.39 is 29.6 Å². The first kappa shape index (κ1) is 17.5. The molecule has 5 nitrogen and oxygen atoms in total. The summed E-state index contributed by atoms with van der Waals surface area (Å²) in [6.07, 6.45) is -6.61. The number of benzene rings is 2. The average molecular weight is 364 g/mol. The van der Waals surface area contributed by atoms with Gasteiger partial charge in [-0.15, -0.1) is 0 Å². The van der Waals surface area contributed by atoms with Gasteiger partial charge in [0.25, 0.3) is 0 Å². The van der Waals surface area contributed by atoms with Gasteiger partial charge in [0.15, 0.2) is 5.78 Å². The van der Waals surface area contributed by atoms with Gasteiger partial charge in [-0.3, -0.25) is 4.79 Å². The van der Waals surface area contributed by atoms with Crippen molar-refractivity contribution in [3.63, 3.8) is 0 Å². The minimum Gasteiger partial charge on any atom is -0.508 e. The summed E-state index contributed by atoms with van der Waals surface area (Å²) in [5.74, 6) is -2.38. The third kappa shape index (κ3) is 3.26. The number of carboxylic acid groups (broad SMARTS) is 1. The lowest BCUT2D eigenvalue weighted by molar-refractivity contribution is -0.187. The van der Waals surface area contributed by atoms with Gasteiger partial charge in [-0.05, 0) is 48.5 Å². The predicted molar refractivity (Wildman–Crippen MR) is 84.1 cm³/mol. The van der Waals surface area contributed by atoms with Crippen molar-refractivity contribution in [3.8, 4) is 11.5 Å². The van der Waals surface area contributed by atoms with Crippen LogP contribution in [-0.2, 0) is 4.79 Å². The van der Waals surface area contributed by atoms with E-state index >= 15 is 0 Å². The number of ether oxygens (including phenoxy) is 1. The second kappa shape index (κ2) is 6.21. The Kier molecular flexibility index (Phi) is 4.19. The lowest BCUT2D eigenvalue weighted by atomic mass is 9.96. The van der Waals surface area contributed by atoms with Crippen LogP contribution in [0.25, 0.3) is 6.08 Å². The van der Waals surface area contributed by atoms with Crippen molar-refractivity contribution < 1.29 is 37.7 Å². The standard InChI is InChI=1S/C18H11F3O5/c19-18(20,21)16-13(17(24)25)8-11-7-10(3-6-14(11)26-16)15(23)9-1-4-12(22)5-2-9/h1-8,16,22H,(H,24,25)/t16-/m0/s1. The van der Waals surface area contributed by atoms with Crippen molar-refractivity contribution in [2.45, 2.75) is 12.3 Å². The maximum Gasteiger partial charge on any atom is 0.430 e. The third-order valence-corrected chi connectivity index (χ3v) is 3.78. The lowest BCUT2D eigenvalue weighted by Gasteiger charge is -2.27. The van der Waals surface area contributed by atoms with E-state index in [0.29, 0.717) is 0 Å². The molecule has 0 fully saturated rings. The van der Waals surface area contributed by atoms with Gasteiger partial charge in [0.2, 0.25) is 6.10 Å². The highest BCUT2D eigenvalue weighted by atomic mass is 19.4. The first-order chi connectivity index (χ1) is 12.2. The van der Waals surface area contributed by atoms with Gasteiger partial charge >= 0.3 is 12.1 Å². The summed E-state index contributed by atoms with van der Waals surface area (Å²) in [6, 6.07) is 9.19. The number of halogens is 3. The molecule has 0 amide bonds. The summed E-state index contributed by atoms with van der Waals surface area (Å²) in [4.78, 5) is 23.6. The fourth-order valence-electron chi connectivity index (χ4n) is 2.54. The van der Waals surface area contributed by atoms with Crippen LogP contribution in [0, 0.1) is 0 Å². The highest BCUT2D eigenvalue weighted by Gasteiger charge is 2.48. The molecule has 0 saturated heterocycles. The van der Waals surface area contributed by atoms with Crippen LogP contribution < -0.4 is 4.74 Å². The number of alkyl halides is 3. The molecule has 2 N–H and O–H groups in total. The molecular weight excluding hydrogens is 353 g/mol. The molecule has 0 bridgehead atoms. The van der Waals surface area contributed by atoms with Crippen LogP contribution in [0.5, 0.6) is 11.5 Å². The molecule has 26 heavy (non-hydrogen) atoms. The summed E-state index contributed by atoms with van der Waals surface area (Å²) in [7, 11) is 0. The molecule has 0 aromatic heterocycles. The number of fused-ring (bicyclic) bond motifs is 1. The predicted octanol–water partition coefficient (Wildman–Crippen LogP) is 3.41. The Morgan fingerprint density at radius 3 is 2.19 bits per heavy atom. The van der Waals surface area contributed by atoms with Crippen molar-refractivity contribution in [3.05, 3.63) is 64.7 Å². The van der Waals surface area contributed by atoms with E-state index in [-0.39, 0.29) is 28.2 Å². The minimum absolute atomic E-state index is 0.0207. The summed E-state index contributed by atoms with van der Waals surface area (Å²) in [5.41, 5.74) is -0.494. The zero-order valence-electron chi connectivity index (χ0n) is 12.9. The van der Waals surface area contributed by atoms with E-state index in [2.05, 4.69) is 0 Å². The smallest absolute Gasteiger partial charge is 0.430 e. The number of aromatic hydroxyl groups is 1. The van der Waals surface area contributed by atoms with Crippen LogP contribution in [-0.4, -0.2) is 34.2 Å². The van der Waals surface area contributed by atoms with Crippen molar-refractivity contribution >= 4 is 17.8 Å². The molecule has 0 radical (unpaired) electrons. The van der Waals surface area contributed by atoms with Gasteiger partial charge in [-0.2, -0.15) is 13.2 Å². The first-order valence-corrected chi connectivity index (χ1v) is 7.33. The van der Waals surface area contributed by atoms with Crippen molar-refractivity contribution in [2.24, 2.45) is 0 Å². The van der Waals surface area contributed by atoms with Crippen LogP contribution >= 0.6 is 0 Å². The largest absolute Gasteiger partial charge is 0.508 e. The zero-order chi connectivity index (χ0) is 19.1. The molecule has 1 heterocycles. The minimum atomic E-state index is -4.89. The van der Waals surface area contributed by atoms with Crippen LogP contribution in [0.3, 0.4) is 0 Å². The zero-order valence-corrected chi connectivity index (χ0v) is 12.9. The quantitative estimate of drug-likeness (QED) is 0.816. The number of phenolic OH excluding ortho intramolecular Hbond substituents is 1. The van der Waals surface area contributed by atoms with E-state index in [1.54, 1.807) is 0 Å². The molecule has 1 atom stereocenters. The molecule has 2 aromatic rings. The third-order valence-electron chi connectivity index (χ3n) is 3.78. The molecule has 134 valence electrons. The molecule has 1 aliphatic rings. The number of carbonyl (C=O) groups is 2. The Morgan fingerprint density at radius 2 is 1.62 bits per heavy atom. The lowest BCUT2D eigenvalue weighted by Crippen LogP contribution is -2.40. The number of hydrogen-bond donors (Lipinski definition) is 2. The van der Waals surface area contributed by atoms with Gasteiger partial charge in [-0.1, -0.05) is 0 Å². The summed E-state index contributed by atoms with van der Waals surface area (Å²) in [6.45, 7) is 0. The Labute approximate surface area is 145 Å². The molecule has 0 aliphatic carbocycles. The number of carboxylic acids is 1. The monoisotopic (exact) mass is 364 g/mol. The number of hydrogen-bond acceptors (Lipinski definition) is 4. The molecule has 0 saturated carbocycles. The number of phenols is 1. The molecule has 0 unspecified atom stereocenters. The van der Waals surface area contributed by atoms with E-state index in [1.807, 2.05) is 0 Å². The first-order valence-electron chi connectivity index (χ1n) is 7.33. The number of aliphatic carboxylic acids is 1. The number of carbonyl (C=O) groups excluding carboxylic acids is 1. The Morgan fingerprint density at radius 1 is 1.00 bits per heavy atom. The highest BCUT2D eigenvalue weighted by Crippen LogP contribution is 2.37. The topological polar surface area (TPSA) is 83.8 Å². The Hall–Kier alpha value is -3.29. The Bertz CT molecular complexity index is 913. The summed E-state index contributed by atoms with van der Waals surface area (Å²) in [5, 5.41) is 18.3. The van der Waals surface area contributed by atoms with Gasteiger partial charge < -0.3 is 14.9 Å². The van der Waals surface area contributed by atoms with Crippen molar-refractivity contribution in [1.29, 1.82) is 0 Å². The van der Waals surface area contributed by atoms with E-state index in [0.717, 1.165) is 6.08 Å². The molecule has 1 aliphatic heterocycles. The van der Waals surface area contributed by atoms with Gasteiger partial charge in [-0.25, -0.2) is 4.79 Å². The fraction of sp³-hybridized carbons (Fsp3) is 0.111. The molecule has 3 rings (SSSR count). The second-order valence-electron chi connectivity index (χ2n) is 5.57. The van der Waals surface area contributed by atoms with Crippen LogP contribution in [0.2, 0.25) is 0 Å². The summed E-state index contributed by atoms with van der Waals surface area (Å²) < 4.78 is 43.8. The van der Waals surface area contributed by atoms with Crippen molar-refractivity contribution in [2.75, 3.05) is 0 Å². The average Bonchev–Trinajstić information content (AvgIpc) is 2.59. The SMILES string of the molecule is O=C(O)C1=Cc2cc(C(=O)c3ccc(O)cc3)ccc2O[C@@H]1C(F)(F)F. The van der Waals surface area contributed by atoms with Crippen LogP contribution in [0.15, 0.2) is 48.0 Å². The molecule has 0 spiro atoms. The van der Waals surface area contributed by atoms with E-state index in [4.69, 9.17) is 9.84 Å². The van der Waals surface area contributed by atoms with Crippen molar-refractivity contribution in [1.82, 2.24) is 0 Å². The summed E-state index contributed by atoms with van der Waals surface area (Å²) >= 11 is 0. The van der Waals surface area contributed by atoms with E-state index in [1.165, 1.54) is 42.5 Å². The Balaban J connectivity index is 2.01. The van der Waals surface area contributed by atoms with Gasteiger partial charge in [0.1, 0.15) is 11.5 Å². The number of ketones is 1. The maximum absolute atomic E-state index is 13.0.